The predicted octanol–water partition coefficient (Wildman–Crippen LogP) is 2.40. The maximum atomic E-state index is 10.8. The molecule has 0 radical (unpaired) electrons. The van der Waals surface area contributed by atoms with Crippen LogP contribution in [0, 0.1) is 0 Å². The molecule has 0 saturated carbocycles. The molecule has 0 spiro atoms. The fraction of sp³-hybridized carbons (Fsp3) is 0. The molecular weight excluding hydrogens is 210 g/mol. The van der Waals surface area contributed by atoms with Gasteiger partial charge in [-0.25, -0.2) is 4.21 Å². The standard InChI is InChI=1S/C8H6ClNO2S/c9-5-1-2-6-7(3-5)10-4-8(6)13(11)12/h1-4,10H,(H,11,12). The van der Waals surface area contributed by atoms with Crippen molar-refractivity contribution in [3.05, 3.63) is 29.4 Å². The van der Waals surface area contributed by atoms with Gasteiger partial charge in [0.15, 0.2) is 11.1 Å². The molecule has 68 valence electrons. The van der Waals surface area contributed by atoms with Gasteiger partial charge >= 0.3 is 0 Å². The Labute approximate surface area is 82.0 Å². The highest BCUT2D eigenvalue weighted by Gasteiger charge is 2.07. The van der Waals surface area contributed by atoms with Gasteiger partial charge in [0.2, 0.25) is 0 Å². The lowest BCUT2D eigenvalue weighted by Crippen LogP contribution is -1.84. The molecule has 0 fully saturated rings. The van der Waals surface area contributed by atoms with Crippen LogP contribution < -0.4 is 0 Å². The molecule has 5 heteroatoms. The number of aromatic nitrogens is 1. The smallest absolute Gasteiger partial charge is 0.188 e. The normalized spacial score (nSPS) is 13.4. The van der Waals surface area contributed by atoms with Gasteiger partial charge in [-0.15, -0.1) is 0 Å². The first-order valence-electron chi connectivity index (χ1n) is 3.56. The van der Waals surface area contributed by atoms with Crippen LogP contribution in [0.4, 0.5) is 0 Å². The molecule has 0 aliphatic heterocycles. The number of nitrogens with one attached hydrogen (secondary N) is 1. The van der Waals surface area contributed by atoms with Crippen LogP contribution in [0.2, 0.25) is 5.02 Å². The van der Waals surface area contributed by atoms with Gasteiger partial charge in [-0.2, -0.15) is 0 Å². The topological polar surface area (TPSA) is 53.1 Å². The average Bonchev–Trinajstić information content (AvgIpc) is 2.46. The molecule has 0 bridgehead atoms. The lowest BCUT2D eigenvalue weighted by Gasteiger charge is -1.92. The fourth-order valence-electron chi connectivity index (χ4n) is 1.22. The molecule has 2 aromatic rings. The third-order valence-electron chi connectivity index (χ3n) is 1.79. The van der Waals surface area contributed by atoms with Crippen molar-refractivity contribution < 1.29 is 8.76 Å². The molecule has 2 rings (SSSR count). The summed E-state index contributed by atoms with van der Waals surface area (Å²) in [5, 5.41) is 1.33. The van der Waals surface area contributed by atoms with Gasteiger partial charge in [-0.05, 0) is 12.1 Å². The van der Waals surface area contributed by atoms with E-state index in [0.717, 1.165) is 10.9 Å². The van der Waals surface area contributed by atoms with E-state index in [9.17, 15) is 4.21 Å². The molecule has 2 N–H and O–H groups in total. The van der Waals surface area contributed by atoms with Crippen molar-refractivity contribution in [2.75, 3.05) is 0 Å². The van der Waals surface area contributed by atoms with Crippen LogP contribution in [-0.2, 0) is 11.1 Å². The summed E-state index contributed by atoms with van der Waals surface area (Å²) in [5.41, 5.74) is 0.768. The predicted molar refractivity (Wildman–Crippen MR) is 52.3 cm³/mol. The Hall–Kier alpha value is -0.840. The van der Waals surface area contributed by atoms with Crippen molar-refractivity contribution in [1.29, 1.82) is 0 Å². The second-order valence-corrected chi connectivity index (χ2v) is 3.97. The van der Waals surface area contributed by atoms with Gasteiger partial charge < -0.3 is 9.54 Å². The van der Waals surface area contributed by atoms with E-state index in [0.29, 0.717) is 9.92 Å². The second-order valence-electron chi connectivity index (χ2n) is 2.59. The number of halogens is 1. The van der Waals surface area contributed by atoms with E-state index in [4.69, 9.17) is 16.2 Å². The SMILES string of the molecule is O=S(O)c1c[nH]c2cc(Cl)ccc12. The van der Waals surface area contributed by atoms with Gasteiger partial charge in [0.1, 0.15) is 0 Å². The minimum absolute atomic E-state index is 0.381. The lowest BCUT2D eigenvalue weighted by atomic mass is 10.2. The first-order chi connectivity index (χ1) is 6.18. The average molecular weight is 216 g/mol. The molecule has 3 nitrogen and oxygen atoms in total. The summed E-state index contributed by atoms with van der Waals surface area (Å²) < 4.78 is 19.7. The number of hydrogen-bond acceptors (Lipinski definition) is 1. The van der Waals surface area contributed by atoms with E-state index in [-0.39, 0.29) is 0 Å². The summed E-state index contributed by atoms with van der Waals surface area (Å²) in [5.74, 6) is 0. The summed E-state index contributed by atoms with van der Waals surface area (Å²) in [7, 11) is 0. The Morgan fingerprint density at radius 2 is 2.23 bits per heavy atom. The van der Waals surface area contributed by atoms with Crippen molar-refractivity contribution in [1.82, 2.24) is 4.98 Å². The van der Waals surface area contributed by atoms with Crippen molar-refractivity contribution in [2.24, 2.45) is 0 Å². The van der Waals surface area contributed by atoms with E-state index in [1.54, 1.807) is 18.2 Å². The van der Waals surface area contributed by atoms with Crippen molar-refractivity contribution >= 4 is 33.6 Å². The zero-order valence-corrected chi connectivity index (χ0v) is 8.02. The highest BCUT2D eigenvalue weighted by atomic mass is 35.5. The fourth-order valence-corrected chi connectivity index (χ4v) is 1.91. The number of benzene rings is 1. The highest BCUT2D eigenvalue weighted by molar-refractivity contribution is 7.79. The minimum atomic E-state index is -1.95. The molecule has 1 unspecified atom stereocenters. The highest BCUT2D eigenvalue weighted by Crippen LogP contribution is 2.23. The molecular formula is C8H6ClNO2S. The Morgan fingerprint density at radius 1 is 1.46 bits per heavy atom. The summed E-state index contributed by atoms with van der Waals surface area (Å²) in [6, 6.07) is 5.12. The molecule has 0 amide bonds. The van der Waals surface area contributed by atoms with Gasteiger partial charge in [0, 0.05) is 22.1 Å². The maximum absolute atomic E-state index is 10.8. The molecule has 1 aromatic heterocycles. The molecule has 1 heterocycles. The Morgan fingerprint density at radius 3 is 2.92 bits per heavy atom. The quantitative estimate of drug-likeness (QED) is 0.718. The first kappa shape index (κ1) is 8.74. The molecule has 13 heavy (non-hydrogen) atoms. The number of fused-ring (bicyclic) bond motifs is 1. The Kier molecular flexibility index (Phi) is 2.11. The summed E-state index contributed by atoms with van der Waals surface area (Å²) in [4.78, 5) is 3.25. The number of aromatic amines is 1. The third kappa shape index (κ3) is 1.48. The van der Waals surface area contributed by atoms with Crippen molar-refractivity contribution in [3.63, 3.8) is 0 Å². The van der Waals surface area contributed by atoms with Gasteiger partial charge in [-0.3, -0.25) is 0 Å². The van der Waals surface area contributed by atoms with Crippen molar-refractivity contribution in [2.45, 2.75) is 4.90 Å². The van der Waals surface area contributed by atoms with Crippen LogP contribution in [-0.4, -0.2) is 13.7 Å². The number of H-pyrrole nitrogens is 1. The van der Waals surface area contributed by atoms with Gasteiger partial charge in [0.25, 0.3) is 0 Å². The monoisotopic (exact) mass is 215 g/mol. The van der Waals surface area contributed by atoms with Crippen LogP contribution >= 0.6 is 11.6 Å². The van der Waals surface area contributed by atoms with E-state index >= 15 is 0 Å². The summed E-state index contributed by atoms with van der Waals surface area (Å²) >= 11 is 3.80. The number of hydrogen-bond donors (Lipinski definition) is 2. The lowest BCUT2D eigenvalue weighted by molar-refractivity contribution is 0.565. The second kappa shape index (κ2) is 3.14. The summed E-state index contributed by atoms with van der Waals surface area (Å²) in [6.45, 7) is 0. The van der Waals surface area contributed by atoms with E-state index in [2.05, 4.69) is 4.98 Å². The van der Waals surface area contributed by atoms with E-state index in [1.165, 1.54) is 6.20 Å². The van der Waals surface area contributed by atoms with Gasteiger partial charge in [-0.1, -0.05) is 17.7 Å². The minimum Gasteiger partial charge on any atom is -0.360 e. The summed E-state index contributed by atoms with van der Waals surface area (Å²) in [6.07, 6.45) is 1.51. The molecule has 0 aliphatic rings. The molecule has 0 saturated heterocycles. The Balaban J connectivity index is 2.76. The van der Waals surface area contributed by atoms with Crippen LogP contribution in [0.1, 0.15) is 0 Å². The zero-order chi connectivity index (χ0) is 9.42. The molecule has 1 atom stereocenters. The van der Waals surface area contributed by atoms with Crippen LogP contribution in [0.15, 0.2) is 29.3 Å². The number of rotatable bonds is 1. The van der Waals surface area contributed by atoms with E-state index < -0.39 is 11.1 Å². The van der Waals surface area contributed by atoms with Crippen LogP contribution in [0.5, 0.6) is 0 Å². The zero-order valence-electron chi connectivity index (χ0n) is 6.45. The molecule has 0 aliphatic carbocycles. The Bertz CT molecular complexity index is 480. The third-order valence-corrected chi connectivity index (χ3v) is 2.74. The first-order valence-corrected chi connectivity index (χ1v) is 5.04. The van der Waals surface area contributed by atoms with Gasteiger partial charge in [0.05, 0.1) is 4.90 Å². The molecule has 1 aromatic carbocycles. The largest absolute Gasteiger partial charge is 0.360 e. The maximum Gasteiger partial charge on any atom is 0.188 e. The van der Waals surface area contributed by atoms with Crippen LogP contribution in [0.3, 0.4) is 0 Å². The van der Waals surface area contributed by atoms with Crippen LogP contribution in [0.25, 0.3) is 10.9 Å². The van der Waals surface area contributed by atoms with E-state index in [1.807, 2.05) is 0 Å². The van der Waals surface area contributed by atoms with Crippen molar-refractivity contribution in [3.8, 4) is 0 Å².